The van der Waals surface area contributed by atoms with Crippen LogP contribution in [0.4, 0.5) is 5.82 Å². The van der Waals surface area contributed by atoms with Crippen molar-refractivity contribution >= 4 is 5.82 Å². The Morgan fingerprint density at radius 2 is 1.95 bits per heavy atom. The van der Waals surface area contributed by atoms with Gasteiger partial charge in [0.05, 0.1) is 5.69 Å². The SMILES string of the molecule is Oc1ccccc1-c1cc2c(nn1)NCC21CNC1. The van der Waals surface area contributed by atoms with Gasteiger partial charge in [-0.05, 0) is 18.2 Å². The van der Waals surface area contributed by atoms with Crippen molar-refractivity contribution in [2.75, 3.05) is 25.0 Å². The Morgan fingerprint density at radius 1 is 1.11 bits per heavy atom. The number of rotatable bonds is 1. The topological polar surface area (TPSA) is 70.1 Å². The number of benzene rings is 1. The molecule has 2 aliphatic heterocycles. The van der Waals surface area contributed by atoms with Crippen LogP contribution in [0.15, 0.2) is 30.3 Å². The lowest BCUT2D eigenvalue weighted by atomic mass is 9.77. The van der Waals surface area contributed by atoms with E-state index in [1.165, 1.54) is 5.56 Å². The molecule has 1 fully saturated rings. The highest BCUT2D eigenvalue weighted by atomic mass is 16.3. The van der Waals surface area contributed by atoms with Gasteiger partial charge in [-0.15, -0.1) is 10.2 Å². The minimum absolute atomic E-state index is 0.157. The molecule has 0 saturated carbocycles. The van der Waals surface area contributed by atoms with Crippen LogP contribution in [0.3, 0.4) is 0 Å². The van der Waals surface area contributed by atoms with Crippen molar-refractivity contribution in [3.63, 3.8) is 0 Å². The molecule has 5 nitrogen and oxygen atoms in total. The first kappa shape index (κ1) is 10.8. The Morgan fingerprint density at radius 3 is 2.68 bits per heavy atom. The first-order valence-electron chi connectivity index (χ1n) is 6.40. The molecule has 0 radical (unpaired) electrons. The summed E-state index contributed by atoms with van der Waals surface area (Å²) in [7, 11) is 0. The summed E-state index contributed by atoms with van der Waals surface area (Å²) in [6.45, 7) is 2.85. The molecule has 3 heterocycles. The van der Waals surface area contributed by atoms with Gasteiger partial charge in [-0.25, -0.2) is 0 Å². The summed E-state index contributed by atoms with van der Waals surface area (Å²) in [4.78, 5) is 0. The molecule has 1 aromatic heterocycles. The van der Waals surface area contributed by atoms with Crippen molar-refractivity contribution in [3.05, 3.63) is 35.9 Å². The summed E-state index contributed by atoms with van der Waals surface area (Å²) in [6, 6.07) is 9.28. The summed E-state index contributed by atoms with van der Waals surface area (Å²) < 4.78 is 0. The zero-order valence-corrected chi connectivity index (χ0v) is 10.3. The van der Waals surface area contributed by atoms with Crippen LogP contribution < -0.4 is 10.6 Å². The van der Waals surface area contributed by atoms with Crippen LogP contribution >= 0.6 is 0 Å². The average molecular weight is 254 g/mol. The number of aromatic hydroxyl groups is 1. The molecule has 0 aliphatic carbocycles. The highest BCUT2D eigenvalue weighted by Gasteiger charge is 2.45. The van der Waals surface area contributed by atoms with Gasteiger partial charge in [0, 0.05) is 36.2 Å². The van der Waals surface area contributed by atoms with E-state index in [9.17, 15) is 5.11 Å². The molecule has 19 heavy (non-hydrogen) atoms. The van der Waals surface area contributed by atoms with Gasteiger partial charge in [0.1, 0.15) is 5.75 Å². The number of nitrogens with zero attached hydrogens (tertiary/aromatic N) is 2. The first-order valence-corrected chi connectivity index (χ1v) is 6.40. The van der Waals surface area contributed by atoms with Crippen LogP contribution in [0, 0.1) is 0 Å². The van der Waals surface area contributed by atoms with E-state index < -0.39 is 0 Å². The van der Waals surface area contributed by atoms with Gasteiger partial charge in [-0.3, -0.25) is 0 Å². The second kappa shape index (κ2) is 3.68. The summed E-state index contributed by atoms with van der Waals surface area (Å²) in [5.41, 5.74) is 2.82. The summed E-state index contributed by atoms with van der Waals surface area (Å²) >= 11 is 0. The average Bonchev–Trinajstić information content (AvgIpc) is 2.77. The third-order valence-electron chi connectivity index (χ3n) is 4.07. The fourth-order valence-electron chi connectivity index (χ4n) is 2.84. The maximum Gasteiger partial charge on any atom is 0.152 e. The smallest absolute Gasteiger partial charge is 0.152 e. The molecule has 1 saturated heterocycles. The van der Waals surface area contributed by atoms with Crippen molar-refractivity contribution in [2.45, 2.75) is 5.41 Å². The fraction of sp³-hybridized carbons (Fsp3) is 0.286. The molecule has 2 aliphatic rings. The van der Waals surface area contributed by atoms with E-state index in [0.29, 0.717) is 0 Å². The predicted octanol–water partition coefficient (Wildman–Crippen LogP) is 1.12. The number of fused-ring (bicyclic) bond motifs is 2. The Labute approximate surface area is 110 Å². The van der Waals surface area contributed by atoms with E-state index in [4.69, 9.17) is 0 Å². The van der Waals surface area contributed by atoms with Crippen molar-refractivity contribution in [1.29, 1.82) is 0 Å². The maximum atomic E-state index is 9.92. The summed E-state index contributed by atoms with van der Waals surface area (Å²) in [6.07, 6.45) is 0. The van der Waals surface area contributed by atoms with Gasteiger partial charge in [0.25, 0.3) is 0 Å². The predicted molar refractivity (Wildman–Crippen MR) is 72.2 cm³/mol. The Kier molecular flexibility index (Phi) is 2.08. The molecule has 2 aromatic rings. The van der Waals surface area contributed by atoms with E-state index in [0.717, 1.165) is 36.7 Å². The largest absolute Gasteiger partial charge is 0.507 e. The van der Waals surface area contributed by atoms with Gasteiger partial charge >= 0.3 is 0 Å². The molecule has 0 bridgehead atoms. The van der Waals surface area contributed by atoms with E-state index in [1.54, 1.807) is 12.1 Å². The number of hydrogen-bond donors (Lipinski definition) is 3. The molecule has 1 aromatic carbocycles. The summed E-state index contributed by atoms with van der Waals surface area (Å²) in [5.74, 6) is 1.11. The van der Waals surface area contributed by atoms with Crippen molar-refractivity contribution in [3.8, 4) is 17.0 Å². The number of phenols is 1. The van der Waals surface area contributed by atoms with E-state index in [1.807, 2.05) is 12.1 Å². The van der Waals surface area contributed by atoms with E-state index >= 15 is 0 Å². The second-order valence-electron chi connectivity index (χ2n) is 5.25. The molecule has 3 N–H and O–H groups in total. The van der Waals surface area contributed by atoms with Gasteiger partial charge in [-0.2, -0.15) is 0 Å². The van der Waals surface area contributed by atoms with Crippen LogP contribution in [-0.4, -0.2) is 34.9 Å². The molecule has 4 rings (SSSR count). The zero-order chi connectivity index (χ0) is 12.9. The third-order valence-corrected chi connectivity index (χ3v) is 4.07. The minimum Gasteiger partial charge on any atom is -0.507 e. The molecule has 1 spiro atoms. The highest BCUT2D eigenvalue weighted by Crippen LogP contribution is 2.40. The lowest BCUT2D eigenvalue weighted by molar-refractivity contribution is 0.305. The lowest BCUT2D eigenvalue weighted by Crippen LogP contribution is -2.58. The van der Waals surface area contributed by atoms with E-state index in [-0.39, 0.29) is 11.2 Å². The zero-order valence-electron chi connectivity index (χ0n) is 10.3. The normalized spacial score (nSPS) is 18.7. The van der Waals surface area contributed by atoms with Crippen LogP contribution in [0.1, 0.15) is 5.56 Å². The number of para-hydroxylation sites is 1. The van der Waals surface area contributed by atoms with Crippen LogP contribution in [0.2, 0.25) is 0 Å². The fourth-order valence-corrected chi connectivity index (χ4v) is 2.84. The molecule has 5 heteroatoms. The highest BCUT2D eigenvalue weighted by molar-refractivity contribution is 5.70. The quantitative estimate of drug-likeness (QED) is 0.711. The number of hydrogen-bond acceptors (Lipinski definition) is 5. The minimum atomic E-state index is 0.157. The Bertz CT molecular complexity index is 652. The molecule has 0 unspecified atom stereocenters. The molecular weight excluding hydrogens is 240 g/mol. The molecule has 0 amide bonds. The van der Waals surface area contributed by atoms with Crippen molar-refractivity contribution in [1.82, 2.24) is 15.5 Å². The number of phenolic OH excluding ortho intramolecular Hbond substituents is 1. The second-order valence-corrected chi connectivity index (χ2v) is 5.25. The molecular formula is C14H14N4O. The Balaban J connectivity index is 1.84. The maximum absolute atomic E-state index is 9.92. The van der Waals surface area contributed by atoms with Gasteiger partial charge < -0.3 is 15.7 Å². The number of nitrogens with one attached hydrogen (secondary N) is 2. The standard InChI is InChI=1S/C14H14N4O/c19-12-4-2-1-3-9(12)11-5-10-13(18-17-11)16-8-14(10)6-15-7-14/h1-5,15,19H,6-8H2,(H,16,18). The van der Waals surface area contributed by atoms with Crippen molar-refractivity contribution in [2.24, 2.45) is 0 Å². The molecule has 0 atom stereocenters. The summed E-state index contributed by atoms with van der Waals surface area (Å²) in [5, 5.41) is 25.0. The first-order chi connectivity index (χ1) is 9.28. The lowest BCUT2D eigenvalue weighted by Gasteiger charge is -2.39. The number of aromatic nitrogens is 2. The van der Waals surface area contributed by atoms with Gasteiger partial charge in [-0.1, -0.05) is 12.1 Å². The van der Waals surface area contributed by atoms with E-state index in [2.05, 4.69) is 26.9 Å². The third kappa shape index (κ3) is 1.45. The van der Waals surface area contributed by atoms with Gasteiger partial charge in [0.2, 0.25) is 0 Å². The van der Waals surface area contributed by atoms with Crippen LogP contribution in [0.5, 0.6) is 5.75 Å². The van der Waals surface area contributed by atoms with Crippen LogP contribution in [-0.2, 0) is 5.41 Å². The van der Waals surface area contributed by atoms with Crippen LogP contribution in [0.25, 0.3) is 11.3 Å². The molecule has 96 valence electrons. The monoisotopic (exact) mass is 254 g/mol. The van der Waals surface area contributed by atoms with Gasteiger partial charge in [0.15, 0.2) is 5.82 Å². The Hall–Kier alpha value is -2.14. The van der Waals surface area contributed by atoms with Crippen molar-refractivity contribution < 1.29 is 5.11 Å². The number of anilines is 1.